The topological polar surface area (TPSA) is 139 Å². The summed E-state index contributed by atoms with van der Waals surface area (Å²) in [5.74, 6) is -0.193. The highest BCUT2D eigenvalue weighted by molar-refractivity contribution is 5.95. The fourth-order valence-corrected chi connectivity index (χ4v) is 3.44. The summed E-state index contributed by atoms with van der Waals surface area (Å²) >= 11 is 0. The zero-order valence-corrected chi connectivity index (χ0v) is 15.8. The highest BCUT2D eigenvalue weighted by Crippen LogP contribution is 2.31. The van der Waals surface area contributed by atoms with Crippen molar-refractivity contribution in [3.8, 4) is 11.1 Å². The van der Waals surface area contributed by atoms with Crippen molar-refractivity contribution in [3.63, 3.8) is 0 Å². The van der Waals surface area contributed by atoms with Gasteiger partial charge in [0.05, 0.1) is 6.61 Å². The normalized spacial score (nSPS) is 28.0. The van der Waals surface area contributed by atoms with Gasteiger partial charge in [-0.05, 0) is 28.8 Å². The number of carbonyl (C=O) groups is 1. The smallest absolute Gasteiger partial charge is 0.251 e. The molecule has 1 amide bonds. The Hall–Kier alpha value is -2.33. The van der Waals surface area contributed by atoms with Crippen LogP contribution in [-0.4, -0.2) is 75.6 Å². The van der Waals surface area contributed by atoms with Crippen molar-refractivity contribution >= 4 is 5.91 Å². The Bertz CT molecular complexity index is 839. The molecule has 1 saturated heterocycles. The van der Waals surface area contributed by atoms with E-state index in [1.807, 2.05) is 6.07 Å². The number of rotatable bonds is 5. The minimum absolute atomic E-state index is 0.193. The molecule has 156 valence electrons. The number of ether oxygens (including phenoxy) is 1. The Morgan fingerprint density at radius 1 is 1.03 bits per heavy atom. The molecule has 1 aliphatic rings. The predicted octanol–water partition coefficient (Wildman–Crippen LogP) is -0.411. The van der Waals surface area contributed by atoms with E-state index in [0.29, 0.717) is 11.1 Å². The summed E-state index contributed by atoms with van der Waals surface area (Å²) in [5, 5.41) is 52.4. The summed E-state index contributed by atoms with van der Waals surface area (Å²) in [6.45, 7) is -0.561. The van der Waals surface area contributed by atoms with E-state index in [4.69, 9.17) is 4.74 Å². The molecule has 6 atom stereocenters. The minimum atomic E-state index is -1.55. The third-order valence-corrected chi connectivity index (χ3v) is 5.18. The van der Waals surface area contributed by atoms with Gasteiger partial charge in [0, 0.05) is 12.6 Å². The van der Waals surface area contributed by atoms with Gasteiger partial charge in [-0.15, -0.1) is 0 Å². The summed E-state index contributed by atoms with van der Waals surface area (Å²) in [4.78, 5) is 11.8. The van der Waals surface area contributed by atoms with Gasteiger partial charge in [0.1, 0.15) is 36.6 Å². The van der Waals surface area contributed by atoms with Crippen LogP contribution in [0, 0.1) is 0 Å². The molecule has 0 bridgehead atoms. The molecule has 0 saturated carbocycles. The van der Waals surface area contributed by atoms with E-state index in [-0.39, 0.29) is 5.91 Å². The summed E-state index contributed by atoms with van der Waals surface area (Å²) < 4.78 is 5.41. The van der Waals surface area contributed by atoms with E-state index in [9.17, 15) is 30.3 Å². The maximum atomic E-state index is 11.8. The quantitative estimate of drug-likeness (QED) is 0.399. The first-order valence-electron chi connectivity index (χ1n) is 9.28. The van der Waals surface area contributed by atoms with Crippen LogP contribution in [0.4, 0.5) is 0 Å². The highest BCUT2D eigenvalue weighted by atomic mass is 16.6. The summed E-state index contributed by atoms with van der Waals surface area (Å²) in [6, 6.07) is 13.9. The molecule has 0 aliphatic carbocycles. The van der Waals surface area contributed by atoms with Crippen LogP contribution in [0.25, 0.3) is 11.1 Å². The third-order valence-electron chi connectivity index (χ3n) is 5.18. The average molecular weight is 403 g/mol. The second-order valence-corrected chi connectivity index (χ2v) is 7.02. The van der Waals surface area contributed by atoms with E-state index in [2.05, 4.69) is 5.32 Å². The van der Waals surface area contributed by atoms with Gasteiger partial charge >= 0.3 is 0 Å². The number of hydrogen-bond donors (Lipinski definition) is 6. The molecule has 29 heavy (non-hydrogen) atoms. The maximum absolute atomic E-state index is 11.8. The van der Waals surface area contributed by atoms with Crippen LogP contribution in [0.2, 0.25) is 0 Å². The van der Waals surface area contributed by atoms with E-state index in [0.717, 1.165) is 11.1 Å². The number of amides is 1. The minimum Gasteiger partial charge on any atom is -0.394 e. The fraction of sp³-hybridized carbons (Fsp3) is 0.381. The van der Waals surface area contributed by atoms with Gasteiger partial charge in [-0.2, -0.15) is 0 Å². The molecule has 2 aromatic carbocycles. The molecule has 1 aliphatic heterocycles. The summed E-state index contributed by atoms with van der Waals surface area (Å²) in [7, 11) is 1.56. The standard InChI is InChI=1S/C21H25NO7/c1-22-21(28)14-4-2-3-13(9-14)11-5-7-12(8-6-11)16(24)20-19(27)18(26)17(25)15(10-23)29-20/h2-9,15-20,23-27H,10H2,1H3,(H,22,28)/t15-,16-,17-,18+,19+,20-/m1/s1. The van der Waals surface area contributed by atoms with Gasteiger partial charge in [-0.1, -0.05) is 36.4 Å². The van der Waals surface area contributed by atoms with Crippen molar-refractivity contribution in [2.45, 2.75) is 36.6 Å². The van der Waals surface area contributed by atoms with Crippen LogP contribution in [0.15, 0.2) is 48.5 Å². The number of hydrogen-bond acceptors (Lipinski definition) is 7. The summed E-state index contributed by atoms with van der Waals surface area (Å²) in [5.41, 5.74) is 2.59. The van der Waals surface area contributed by atoms with Crippen molar-refractivity contribution in [1.29, 1.82) is 0 Å². The molecule has 0 spiro atoms. The predicted molar refractivity (Wildman–Crippen MR) is 104 cm³/mol. The van der Waals surface area contributed by atoms with Gasteiger partial charge in [-0.3, -0.25) is 4.79 Å². The molecule has 0 unspecified atom stereocenters. The van der Waals surface area contributed by atoms with Crippen LogP contribution in [0.5, 0.6) is 0 Å². The van der Waals surface area contributed by atoms with Gasteiger partial charge < -0.3 is 35.6 Å². The lowest BCUT2D eigenvalue weighted by Crippen LogP contribution is -2.59. The van der Waals surface area contributed by atoms with E-state index < -0.39 is 43.2 Å². The molecule has 8 heteroatoms. The first-order chi connectivity index (χ1) is 13.9. The number of carbonyl (C=O) groups excluding carboxylic acids is 1. The fourth-order valence-electron chi connectivity index (χ4n) is 3.44. The summed E-state index contributed by atoms with van der Waals surface area (Å²) in [6.07, 6.45) is -8.13. The average Bonchev–Trinajstić information content (AvgIpc) is 2.77. The number of nitrogens with one attached hydrogen (secondary N) is 1. The van der Waals surface area contributed by atoms with Gasteiger partial charge in [0.15, 0.2) is 0 Å². The van der Waals surface area contributed by atoms with E-state index in [1.54, 1.807) is 49.5 Å². The zero-order chi connectivity index (χ0) is 21.1. The first kappa shape index (κ1) is 21.4. The Morgan fingerprint density at radius 3 is 2.34 bits per heavy atom. The SMILES string of the molecule is CNC(=O)c1cccc(-c2ccc([C@@H](O)[C@H]3O[C@H](CO)[C@@H](O)[C@H](O)[C@@H]3O)cc2)c1. The Balaban J connectivity index is 1.80. The Kier molecular flexibility index (Phi) is 6.63. The van der Waals surface area contributed by atoms with Gasteiger partial charge in [-0.25, -0.2) is 0 Å². The second kappa shape index (κ2) is 9.00. The van der Waals surface area contributed by atoms with Crippen LogP contribution in [0.3, 0.4) is 0 Å². The Labute approximate surface area is 168 Å². The molecule has 3 rings (SSSR count). The third kappa shape index (κ3) is 4.32. The van der Waals surface area contributed by atoms with Gasteiger partial charge in [0.2, 0.25) is 0 Å². The molecular weight excluding hydrogens is 378 g/mol. The maximum Gasteiger partial charge on any atom is 0.251 e. The highest BCUT2D eigenvalue weighted by Gasteiger charge is 2.46. The molecule has 0 radical (unpaired) electrons. The lowest BCUT2D eigenvalue weighted by Gasteiger charge is -2.41. The van der Waals surface area contributed by atoms with Crippen molar-refractivity contribution in [1.82, 2.24) is 5.32 Å². The molecule has 1 fully saturated rings. The molecular formula is C21H25NO7. The zero-order valence-electron chi connectivity index (χ0n) is 15.8. The van der Waals surface area contributed by atoms with Crippen molar-refractivity contribution in [2.24, 2.45) is 0 Å². The van der Waals surface area contributed by atoms with Crippen LogP contribution in [0.1, 0.15) is 22.0 Å². The molecule has 0 aromatic heterocycles. The van der Waals surface area contributed by atoms with Crippen LogP contribution >= 0.6 is 0 Å². The second-order valence-electron chi connectivity index (χ2n) is 7.02. The van der Waals surface area contributed by atoms with E-state index in [1.165, 1.54) is 0 Å². The molecule has 1 heterocycles. The van der Waals surface area contributed by atoms with E-state index >= 15 is 0 Å². The van der Waals surface area contributed by atoms with Crippen molar-refractivity contribution in [3.05, 3.63) is 59.7 Å². The van der Waals surface area contributed by atoms with Crippen LogP contribution < -0.4 is 5.32 Å². The Morgan fingerprint density at radius 2 is 1.72 bits per heavy atom. The van der Waals surface area contributed by atoms with Crippen molar-refractivity contribution in [2.75, 3.05) is 13.7 Å². The van der Waals surface area contributed by atoms with Crippen LogP contribution in [-0.2, 0) is 4.74 Å². The monoisotopic (exact) mass is 403 g/mol. The lowest BCUT2D eigenvalue weighted by atomic mass is 9.89. The lowest BCUT2D eigenvalue weighted by molar-refractivity contribution is -0.250. The van der Waals surface area contributed by atoms with Gasteiger partial charge in [0.25, 0.3) is 5.91 Å². The molecule has 8 nitrogen and oxygen atoms in total. The van der Waals surface area contributed by atoms with Crippen molar-refractivity contribution < 1.29 is 35.1 Å². The number of aliphatic hydroxyl groups is 5. The first-order valence-corrected chi connectivity index (χ1v) is 9.28. The largest absolute Gasteiger partial charge is 0.394 e. The number of aliphatic hydroxyl groups excluding tert-OH is 5. The molecule has 6 N–H and O–H groups in total. The number of benzene rings is 2. The molecule has 2 aromatic rings.